The van der Waals surface area contributed by atoms with Crippen molar-refractivity contribution in [2.75, 3.05) is 46.2 Å². The van der Waals surface area contributed by atoms with Crippen molar-refractivity contribution in [3.05, 3.63) is 99.8 Å². The number of methoxy groups -OCH3 is 1. The zero-order chi connectivity index (χ0) is 42.3. The van der Waals surface area contributed by atoms with Gasteiger partial charge in [0.2, 0.25) is 0 Å². The van der Waals surface area contributed by atoms with Crippen molar-refractivity contribution in [3.8, 4) is 28.4 Å². The molecule has 0 aliphatic carbocycles. The van der Waals surface area contributed by atoms with Gasteiger partial charge in [0.15, 0.2) is 15.4 Å². The lowest BCUT2D eigenvalue weighted by molar-refractivity contribution is -0.160. The molecule has 58 heavy (non-hydrogen) atoms. The Morgan fingerprint density at radius 1 is 0.966 bits per heavy atom. The molecule has 0 spiro atoms. The van der Waals surface area contributed by atoms with Crippen molar-refractivity contribution in [3.63, 3.8) is 0 Å². The van der Waals surface area contributed by atoms with Gasteiger partial charge in [0.05, 0.1) is 30.2 Å². The highest BCUT2D eigenvalue weighted by molar-refractivity contribution is 7.90. The molecule has 16 heteroatoms. The molecule has 0 bridgehead atoms. The normalized spacial score (nSPS) is 16.8. The van der Waals surface area contributed by atoms with Gasteiger partial charge in [0.1, 0.15) is 36.0 Å². The largest absolute Gasteiger partial charge is 0.493 e. The molecular weight excluding hydrogens is 790 g/mol. The average molecular weight is 840 g/mol. The lowest BCUT2D eigenvalue weighted by Crippen LogP contribution is -2.52. The van der Waals surface area contributed by atoms with Gasteiger partial charge < -0.3 is 34.3 Å². The number of nitrogens with one attached hydrogen (secondary N) is 1. The molecule has 1 aliphatic heterocycles. The van der Waals surface area contributed by atoms with E-state index in [0.29, 0.717) is 55.2 Å². The summed E-state index contributed by atoms with van der Waals surface area (Å²) in [6.45, 7) is 6.71. The van der Waals surface area contributed by atoms with Crippen LogP contribution in [0.4, 0.5) is 0 Å². The molecule has 4 N–H and O–H groups in total. The summed E-state index contributed by atoms with van der Waals surface area (Å²) in [5, 5.41) is 33.1. The fourth-order valence-corrected chi connectivity index (χ4v) is 7.45. The van der Waals surface area contributed by atoms with Gasteiger partial charge >= 0.3 is 11.9 Å². The van der Waals surface area contributed by atoms with Crippen LogP contribution in [0.25, 0.3) is 11.1 Å². The number of β-amino-alcohol motifs (C(OH)–C–C–N with tert-alkyl or cyclic N) is 1. The molecule has 1 fully saturated rings. The Labute approximate surface area is 343 Å². The number of sulfone groups is 1. The molecule has 2 heterocycles. The van der Waals surface area contributed by atoms with E-state index in [2.05, 4.69) is 10.3 Å². The van der Waals surface area contributed by atoms with Crippen molar-refractivity contribution >= 4 is 33.4 Å². The summed E-state index contributed by atoms with van der Waals surface area (Å²) in [6, 6.07) is 16.5. The molecule has 2 atom stereocenters. The van der Waals surface area contributed by atoms with Crippen LogP contribution >= 0.6 is 11.6 Å². The number of ether oxygens (including phenoxy) is 4. The van der Waals surface area contributed by atoms with Crippen LogP contribution in [0.2, 0.25) is 5.02 Å². The monoisotopic (exact) mass is 839 g/mol. The van der Waals surface area contributed by atoms with Crippen molar-refractivity contribution in [1.82, 2.24) is 15.2 Å². The van der Waals surface area contributed by atoms with E-state index in [4.69, 9.17) is 30.5 Å². The third-order valence-electron chi connectivity index (χ3n) is 10.3. The standard InChI is InChI=1S/C42H50ClN3O11S/c1-27-30(9-6-10-33(27)34-11-7-12-36(28(34)2)55-16-8-14-46-15-13-42(51,25-46)40(50)54-4)24-57-38-19-37(56-23-29-17-32(22-44-20-29)58(5,52)53)31(18-35(38)43)21-45-41(3,26-47)39(48)49/h6-7,9-12,17-20,22,45,47,51H,8,13-16,21,23-26H2,1-5H3,(H,48,49)/t41-,42?/m0/s1. The van der Waals surface area contributed by atoms with Crippen molar-refractivity contribution in [2.24, 2.45) is 0 Å². The van der Waals surface area contributed by atoms with Crippen LogP contribution in [0.15, 0.2) is 71.9 Å². The number of carboxylic acids is 1. The summed E-state index contributed by atoms with van der Waals surface area (Å²) in [6.07, 6.45) is 4.87. The Bertz CT molecular complexity index is 2240. The number of rotatable bonds is 19. The molecule has 0 radical (unpaired) electrons. The number of pyridine rings is 1. The number of hydrogen-bond acceptors (Lipinski definition) is 13. The van der Waals surface area contributed by atoms with E-state index in [9.17, 15) is 33.3 Å². The fourth-order valence-electron chi connectivity index (χ4n) is 6.59. The third-order valence-corrected chi connectivity index (χ3v) is 11.7. The summed E-state index contributed by atoms with van der Waals surface area (Å²) in [5.41, 5.74) is 2.70. The molecule has 1 aliphatic rings. The smallest absolute Gasteiger partial charge is 0.339 e. The first-order chi connectivity index (χ1) is 27.5. The Morgan fingerprint density at radius 3 is 2.36 bits per heavy atom. The first-order valence-corrected chi connectivity index (χ1v) is 20.9. The van der Waals surface area contributed by atoms with Gasteiger partial charge in [-0.05, 0) is 73.2 Å². The maximum atomic E-state index is 12.1. The second kappa shape index (κ2) is 18.9. The number of esters is 1. The van der Waals surface area contributed by atoms with E-state index < -0.39 is 39.5 Å². The van der Waals surface area contributed by atoms with Crippen LogP contribution in [0.5, 0.6) is 17.2 Å². The minimum atomic E-state index is -3.51. The number of carbonyl (C=O) groups excluding carboxylic acids is 1. The molecule has 1 saturated heterocycles. The fraction of sp³-hybridized carbons (Fsp3) is 0.405. The summed E-state index contributed by atoms with van der Waals surface area (Å²) in [5.74, 6) is -0.506. The predicted molar refractivity (Wildman–Crippen MR) is 217 cm³/mol. The lowest BCUT2D eigenvalue weighted by atomic mass is 9.93. The number of carboxylic acid groups (broad SMARTS) is 1. The van der Waals surface area contributed by atoms with Crippen molar-refractivity contribution < 1.29 is 52.3 Å². The third kappa shape index (κ3) is 10.6. The van der Waals surface area contributed by atoms with E-state index in [0.717, 1.165) is 39.8 Å². The molecule has 312 valence electrons. The minimum Gasteiger partial charge on any atom is -0.493 e. The number of nitrogens with zero attached hydrogens (tertiary/aromatic N) is 2. The molecule has 0 amide bonds. The second-order valence-electron chi connectivity index (χ2n) is 14.7. The predicted octanol–water partition coefficient (Wildman–Crippen LogP) is 4.88. The summed E-state index contributed by atoms with van der Waals surface area (Å²) in [4.78, 5) is 29.9. The first-order valence-electron chi connectivity index (χ1n) is 18.6. The minimum absolute atomic E-state index is 0.0372. The molecule has 1 aromatic heterocycles. The molecule has 0 saturated carbocycles. The maximum absolute atomic E-state index is 12.1. The van der Waals surface area contributed by atoms with Crippen LogP contribution < -0.4 is 19.5 Å². The van der Waals surface area contributed by atoms with Gasteiger partial charge in [0, 0.05) is 68.4 Å². The Morgan fingerprint density at radius 2 is 1.67 bits per heavy atom. The number of aromatic nitrogens is 1. The van der Waals surface area contributed by atoms with E-state index in [1.54, 1.807) is 12.1 Å². The van der Waals surface area contributed by atoms with Crippen LogP contribution in [-0.4, -0.2) is 103 Å². The zero-order valence-electron chi connectivity index (χ0n) is 33.2. The van der Waals surface area contributed by atoms with Crippen LogP contribution in [0.1, 0.15) is 47.6 Å². The van der Waals surface area contributed by atoms with E-state index in [1.807, 2.05) is 55.1 Å². The molecule has 4 aromatic rings. The second-order valence-corrected chi connectivity index (χ2v) is 17.1. The highest BCUT2D eigenvalue weighted by atomic mass is 35.5. The van der Waals surface area contributed by atoms with Gasteiger partial charge in [-0.3, -0.25) is 20.0 Å². The number of halogens is 1. The number of aliphatic hydroxyl groups is 2. The topological polar surface area (TPSA) is 194 Å². The number of carbonyl (C=O) groups is 2. The number of aliphatic hydroxyl groups excluding tert-OH is 1. The average Bonchev–Trinajstić information content (AvgIpc) is 3.59. The van der Waals surface area contributed by atoms with Gasteiger partial charge in [-0.2, -0.15) is 0 Å². The highest BCUT2D eigenvalue weighted by Gasteiger charge is 2.43. The van der Waals surface area contributed by atoms with E-state index >= 15 is 0 Å². The van der Waals surface area contributed by atoms with Crippen LogP contribution in [0, 0.1) is 13.8 Å². The molecular formula is C42H50ClN3O11S. The molecule has 5 rings (SSSR count). The molecule has 14 nitrogen and oxygen atoms in total. The number of hydrogen-bond donors (Lipinski definition) is 4. The van der Waals surface area contributed by atoms with E-state index in [1.165, 1.54) is 32.5 Å². The summed E-state index contributed by atoms with van der Waals surface area (Å²) >= 11 is 6.73. The lowest BCUT2D eigenvalue weighted by Gasteiger charge is -2.25. The first kappa shape index (κ1) is 44.3. The Kier molecular flexibility index (Phi) is 14.4. The Hall–Kier alpha value is -4.77. The quantitative estimate of drug-likeness (QED) is 0.0737. The van der Waals surface area contributed by atoms with Gasteiger partial charge in [0.25, 0.3) is 0 Å². The SMILES string of the molecule is COC(=O)C1(O)CCN(CCCOc2cccc(-c3cccc(COc4cc(OCc5cncc(S(C)(=O)=O)c5)c(CN[C@@](C)(CO)C(=O)O)cc4Cl)c3C)c2C)C1. The number of aliphatic carboxylic acids is 1. The van der Waals surface area contributed by atoms with Gasteiger partial charge in [-0.1, -0.05) is 41.9 Å². The number of benzene rings is 3. The van der Waals surface area contributed by atoms with Crippen LogP contribution in [0.3, 0.4) is 0 Å². The molecule has 3 aromatic carbocycles. The van der Waals surface area contributed by atoms with E-state index in [-0.39, 0.29) is 36.2 Å². The summed E-state index contributed by atoms with van der Waals surface area (Å²) in [7, 11) is -2.23. The van der Waals surface area contributed by atoms with Crippen molar-refractivity contribution in [1.29, 1.82) is 0 Å². The van der Waals surface area contributed by atoms with Gasteiger partial charge in [-0.15, -0.1) is 0 Å². The summed E-state index contributed by atoms with van der Waals surface area (Å²) < 4.78 is 47.6. The van der Waals surface area contributed by atoms with Crippen LogP contribution in [-0.2, 0) is 43.9 Å². The molecule has 1 unspecified atom stereocenters. The number of likely N-dealkylation sites (tertiary alicyclic amines) is 1. The Balaban J connectivity index is 1.30. The van der Waals surface area contributed by atoms with Gasteiger partial charge in [-0.25, -0.2) is 13.2 Å². The highest BCUT2D eigenvalue weighted by Crippen LogP contribution is 2.37. The maximum Gasteiger partial charge on any atom is 0.339 e. The van der Waals surface area contributed by atoms with Crippen molar-refractivity contribution in [2.45, 2.75) is 69.4 Å². The zero-order valence-corrected chi connectivity index (χ0v) is 34.8.